The molecule has 0 unspecified atom stereocenters. The Labute approximate surface area is 89.1 Å². The van der Waals surface area contributed by atoms with Gasteiger partial charge in [0, 0.05) is 12.1 Å². The fraction of sp³-hybridized carbons (Fsp3) is 0.875. The van der Waals surface area contributed by atoms with Gasteiger partial charge in [-0.3, -0.25) is 0 Å². The van der Waals surface area contributed by atoms with Gasteiger partial charge in [0.25, 0.3) is 0 Å². The zero-order valence-corrected chi connectivity index (χ0v) is 9.38. The smallest absolute Gasteiger partial charge is 0.404 e. The van der Waals surface area contributed by atoms with Gasteiger partial charge in [-0.1, -0.05) is 0 Å². The molecule has 1 amide bonds. The number of hydrogen-bond acceptors (Lipinski definition) is 3. The maximum atomic E-state index is 10.9. The molecule has 0 bridgehead atoms. The van der Waals surface area contributed by atoms with Crippen molar-refractivity contribution in [2.45, 2.75) is 37.8 Å². The molecule has 88 valence electrons. The molecule has 1 rings (SSSR count). The maximum absolute atomic E-state index is 10.9. The maximum Gasteiger partial charge on any atom is 0.404 e. The number of carboxylic acid groups (broad SMARTS) is 1. The van der Waals surface area contributed by atoms with Gasteiger partial charge in [-0.05, 0) is 25.7 Å². The van der Waals surface area contributed by atoms with Crippen molar-refractivity contribution in [2.24, 2.45) is 0 Å². The second-order valence-electron chi connectivity index (χ2n) is 3.89. The molecule has 0 radical (unpaired) electrons. The molecule has 0 atom stereocenters. The Morgan fingerprint density at radius 2 is 1.67 bits per heavy atom. The minimum atomic E-state index is -3.15. The predicted octanol–water partition coefficient (Wildman–Crippen LogP) is 0.114. The highest BCUT2D eigenvalue weighted by atomic mass is 32.2. The van der Waals surface area contributed by atoms with Gasteiger partial charge in [0.15, 0.2) is 0 Å². The highest BCUT2D eigenvalue weighted by molar-refractivity contribution is 7.88. The summed E-state index contributed by atoms with van der Waals surface area (Å²) in [4.78, 5) is 10.4. The van der Waals surface area contributed by atoms with E-state index < -0.39 is 16.1 Å². The minimum absolute atomic E-state index is 0.0416. The van der Waals surface area contributed by atoms with Crippen LogP contribution >= 0.6 is 0 Å². The summed E-state index contributed by atoms with van der Waals surface area (Å²) >= 11 is 0. The summed E-state index contributed by atoms with van der Waals surface area (Å²) in [6.45, 7) is 0. The molecule has 0 heterocycles. The van der Waals surface area contributed by atoms with E-state index in [1.807, 2.05) is 0 Å². The van der Waals surface area contributed by atoms with E-state index >= 15 is 0 Å². The first-order chi connectivity index (χ1) is 6.87. The second kappa shape index (κ2) is 4.80. The van der Waals surface area contributed by atoms with E-state index in [-0.39, 0.29) is 12.1 Å². The van der Waals surface area contributed by atoms with Crippen molar-refractivity contribution >= 4 is 16.1 Å². The van der Waals surface area contributed by atoms with E-state index in [9.17, 15) is 13.2 Å². The first-order valence-electron chi connectivity index (χ1n) is 4.83. The molecule has 0 saturated heterocycles. The van der Waals surface area contributed by atoms with Gasteiger partial charge in [-0.2, -0.15) is 0 Å². The second-order valence-corrected chi connectivity index (χ2v) is 5.67. The van der Waals surface area contributed by atoms with Crippen LogP contribution in [0.25, 0.3) is 0 Å². The van der Waals surface area contributed by atoms with Crippen LogP contribution < -0.4 is 10.0 Å². The van der Waals surface area contributed by atoms with Crippen molar-refractivity contribution in [2.75, 3.05) is 6.26 Å². The summed E-state index contributed by atoms with van der Waals surface area (Å²) in [7, 11) is -3.15. The molecular weight excluding hydrogens is 220 g/mol. The summed E-state index contributed by atoms with van der Waals surface area (Å²) in [5.41, 5.74) is 0. The summed E-state index contributed by atoms with van der Waals surface area (Å²) in [6, 6.07) is -0.0908. The van der Waals surface area contributed by atoms with Crippen molar-refractivity contribution in [3.8, 4) is 0 Å². The van der Waals surface area contributed by atoms with E-state index in [4.69, 9.17) is 5.11 Å². The molecule has 6 nitrogen and oxygen atoms in total. The van der Waals surface area contributed by atoms with Crippen molar-refractivity contribution in [1.82, 2.24) is 10.0 Å². The lowest BCUT2D eigenvalue weighted by atomic mass is 9.92. The number of nitrogens with one attached hydrogen (secondary N) is 2. The van der Waals surface area contributed by atoms with Crippen LogP contribution in [0.5, 0.6) is 0 Å². The van der Waals surface area contributed by atoms with E-state index in [0.717, 1.165) is 6.26 Å². The highest BCUT2D eigenvalue weighted by Crippen LogP contribution is 2.18. The van der Waals surface area contributed by atoms with Crippen LogP contribution in [0.2, 0.25) is 0 Å². The molecule has 0 aliphatic heterocycles. The molecule has 1 aliphatic carbocycles. The molecule has 0 aromatic carbocycles. The molecule has 1 saturated carbocycles. The van der Waals surface area contributed by atoms with Crippen LogP contribution in [0.1, 0.15) is 25.7 Å². The van der Waals surface area contributed by atoms with Crippen molar-refractivity contribution in [1.29, 1.82) is 0 Å². The molecular formula is C8H16N2O4S. The van der Waals surface area contributed by atoms with Gasteiger partial charge in [0.1, 0.15) is 0 Å². The fourth-order valence-electron chi connectivity index (χ4n) is 1.83. The van der Waals surface area contributed by atoms with Crippen molar-refractivity contribution in [3.63, 3.8) is 0 Å². The lowest BCUT2D eigenvalue weighted by molar-refractivity contribution is 0.184. The quantitative estimate of drug-likeness (QED) is 0.648. The van der Waals surface area contributed by atoms with Crippen LogP contribution in [0, 0.1) is 0 Å². The molecule has 1 aliphatic rings. The predicted molar refractivity (Wildman–Crippen MR) is 55.2 cm³/mol. The van der Waals surface area contributed by atoms with Gasteiger partial charge in [0.2, 0.25) is 10.0 Å². The number of amides is 1. The third kappa shape index (κ3) is 4.98. The Hall–Kier alpha value is -0.820. The van der Waals surface area contributed by atoms with E-state index in [1.165, 1.54) is 0 Å². The SMILES string of the molecule is CS(=O)(=O)N[C@H]1CC[C@H](NC(=O)O)CC1. The number of carbonyl (C=O) groups is 1. The average Bonchev–Trinajstić information content (AvgIpc) is 2.05. The zero-order valence-electron chi connectivity index (χ0n) is 8.56. The van der Waals surface area contributed by atoms with Crippen LogP contribution in [-0.4, -0.2) is 38.0 Å². The van der Waals surface area contributed by atoms with Gasteiger partial charge < -0.3 is 10.4 Å². The number of rotatable bonds is 3. The molecule has 3 N–H and O–H groups in total. The summed E-state index contributed by atoms with van der Waals surface area (Å²) < 4.78 is 24.4. The summed E-state index contributed by atoms with van der Waals surface area (Å²) in [5.74, 6) is 0. The molecule has 15 heavy (non-hydrogen) atoms. The molecule has 0 aromatic rings. The van der Waals surface area contributed by atoms with E-state index in [1.54, 1.807) is 0 Å². The molecule has 1 fully saturated rings. The van der Waals surface area contributed by atoms with Gasteiger partial charge in [-0.15, -0.1) is 0 Å². The lowest BCUT2D eigenvalue weighted by Gasteiger charge is -2.28. The van der Waals surface area contributed by atoms with Crippen LogP contribution in [0.15, 0.2) is 0 Å². The Kier molecular flexibility index (Phi) is 3.92. The number of hydrogen-bond donors (Lipinski definition) is 3. The minimum Gasteiger partial charge on any atom is -0.465 e. The average molecular weight is 236 g/mol. The Bertz CT molecular complexity index is 320. The molecule has 7 heteroatoms. The first-order valence-corrected chi connectivity index (χ1v) is 6.73. The van der Waals surface area contributed by atoms with E-state index in [0.29, 0.717) is 25.7 Å². The zero-order chi connectivity index (χ0) is 11.5. The molecule has 0 spiro atoms. The Morgan fingerprint density at radius 3 is 2.07 bits per heavy atom. The summed E-state index contributed by atoms with van der Waals surface area (Å²) in [6.07, 6.45) is 2.83. The highest BCUT2D eigenvalue weighted by Gasteiger charge is 2.23. The topological polar surface area (TPSA) is 95.5 Å². The number of sulfonamides is 1. The Balaban J connectivity index is 2.33. The van der Waals surface area contributed by atoms with Crippen LogP contribution in [0.4, 0.5) is 4.79 Å². The third-order valence-electron chi connectivity index (χ3n) is 2.44. The van der Waals surface area contributed by atoms with Gasteiger partial charge in [0.05, 0.1) is 6.26 Å². The largest absolute Gasteiger partial charge is 0.465 e. The van der Waals surface area contributed by atoms with Crippen LogP contribution in [0.3, 0.4) is 0 Å². The van der Waals surface area contributed by atoms with Gasteiger partial charge in [-0.25, -0.2) is 17.9 Å². The van der Waals surface area contributed by atoms with Gasteiger partial charge >= 0.3 is 6.09 Å². The summed E-state index contributed by atoms with van der Waals surface area (Å²) in [5, 5.41) is 10.9. The van der Waals surface area contributed by atoms with Crippen LogP contribution in [-0.2, 0) is 10.0 Å². The normalized spacial score (nSPS) is 27.3. The fourth-order valence-corrected chi connectivity index (χ4v) is 2.67. The van der Waals surface area contributed by atoms with E-state index in [2.05, 4.69) is 10.0 Å². The lowest BCUT2D eigenvalue weighted by Crippen LogP contribution is -2.43. The van der Waals surface area contributed by atoms with Crippen molar-refractivity contribution < 1.29 is 18.3 Å². The monoisotopic (exact) mass is 236 g/mol. The molecule has 0 aromatic heterocycles. The third-order valence-corrected chi connectivity index (χ3v) is 3.20. The van der Waals surface area contributed by atoms with Crippen molar-refractivity contribution in [3.05, 3.63) is 0 Å². The first kappa shape index (κ1) is 12.3. The Morgan fingerprint density at radius 1 is 1.20 bits per heavy atom. The standard InChI is InChI=1S/C8H16N2O4S/c1-15(13,14)10-7-4-2-6(3-5-7)9-8(11)12/h6-7,9-10H,2-5H2,1H3,(H,11,12)/t6-,7-.